The van der Waals surface area contributed by atoms with Gasteiger partial charge in [-0.15, -0.1) is 0 Å². The van der Waals surface area contributed by atoms with Crippen LogP contribution in [0.25, 0.3) is 0 Å². The maximum atomic E-state index is 12.2. The van der Waals surface area contributed by atoms with E-state index >= 15 is 0 Å². The minimum absolute atomic E-state index is 0.0765. The van der Waals surface area contributed by atoms with Crippen molar-refractivity contribution in [3.05, 3.63) is 82.1 Å². The summed E-state index contributed by atoms with van der Waals surface area (Å²) >= 11 is 5.83. The molecular weight excluding hydrogens is 418 g/mol. The molecule has 0 aliphatic rings. The van der Waals surface area contributed by atoms with Crippen molar-refractivity contribution in [1.29, 1.82) is 0 Å². The number of nitrogens with one attached hydrogen (secondary N) is 1. The fraction of sp³-hybridized carbons (Fsp3) is 0.0870. The highest BCUT2D eigenvalue weighted by Gasteiger charge is 2.11. The standard InChI is InChI=1S/C23H18ClN3O4/c1-30-21-12-15(14-26-27-23(29)17-7-9-20(28)19(24)13-17)11-16(22(21)31-2)6-8-18-5-3-4-10-25-18/h3-5,7,9-14,28H,1-2H3,(H,27,29). The van der Waals surface area contributed by atoms with Gasteiger partial charge in [-0.05, 0) is 53.9 Å². The van der Waals surface area contributed by atoms with Crippen LogP contribution < -0.4 is 14.9 Å². The molecule has 1 aromatic heterocycles. The molecule has 0 atom stereocenters. The summed E-state index contributed by atoms with van der Waals surface area (Å²) in [6.45, 7) is 0. The fourth-order valence-electron chi connectivity index (χ4n) is 2.60. The second kappa shape index (κ2) is 10.1. The molecule has 7 nitrogen and oxygen atoms in total. The zero-order chi connectivity index (χ0) is 22.2. The highest BCUT2D eigenvalue weighted by molar-refractivity contribution is 6.32. The van der Waals surface area contributed by atoms with Crippen LogP contribution >= 0.6 is 11.6 Å². The first kappa shape index (κ1) is 21.7. The molecule has 0 radical (unpaired) electrons. The van der Waals surface area contributed by atoms with Crippen LogP contribution in [0.1, 0.15) is 27.2 Å². The molecule has 0 saturated carbocycles. The number of phenols is 1. The molecule has 2 N–H and O–H groups in total. The van der Waals surface area contributed by atoms with Crippen LogP contribution in [0, 0.1) is 11.8 Å². The Kier molecular flexibility index (Phi) is 7.09. The van der Waals surface area contributed by atoms with Crippen LogP contribution in [0.15, 0.2) is 59.8 Å². The number of halogens is 1. The molecule has 1 heterocycles. The molecule has 2 aromatic carbocycles. The van der Waals surface area contributed by atoms with Gasteiger partial charge in [0.05, 0.1) is 31.0 Å². The Balaban J connectivity index is 1.84. The average Bonchev–Trinajstić information content (AvgIpc) is 2.79. The topological polar surface area (TPSA) is 93.0 Å². The molecule has 0 bridgehead atoms. The number of nitrogens with zero attached hydrogens (tertiary/aromatic N) is 2. The summed E-state index contributed by atoms with van der Waals surface area (Å²) in [5.74, 6) is 6.36. The molecule has 0 spiro atoms. The van der Waals surface area contributed by atoms with Gasteiger partial charge in [-0.1, -0.05) is 23.6 Å². The molecule has 0 saturated heterocycles. The third-order valence-corrected chi connectivity index (χ3v) is 4.38. The molecule has 156 valence electrons. The van der Waals surface area contributed by atoms with Crippen molar-refractivity contribution in [2.45, 2.75) is 0 Å². The fourth-order valence-corrected chi connectivity index (χ4v) is 2.78. The number of amides is 1. The Morgan fingerprint density at radius 1 is 1.16 bits per heavy atom. The predicted octanol–water partition coefficient (Wildman–Crippen LogP) is 3.62. The van der Waals surface area contributed by atoms with E-state index in [2.05, 4.69) is 27.4 Å². The number of benzene rings is 2. The van der Waals surface area contributed by atoms with E-state index < -0.39 is 5.91 Å². The Morgan fingerprint density at radius 2 is 2.00 bits per heavy atom. The van der Waals surface area contributed by atoms with E-state index in [1.54, 1.807) is 24.4 Å². The SMILES string of the molecule is COc1cc(C=NNC(=O)c2ccc(O)c(Cl)c2)cc(C#Cc2ccccn2)c1OC. The zero-order valence-corrected chi connectivity index (χ0v) is 17.5. The van der Waals surface area contributed by atoms with Crippen molar-refractivity contribution in [3.8, 4) is 29.1 Å². The Bertz CT molecular complexity index is 1180. The van der Waals surface area contributed by atoms with E-state index in [1.165, 1.54) is 38.6 Å². The number of aromatic hydroxyl groups is 1. The number of hydrogen-bond acceptors (Lipinski definition) is 6. The summed E-state index contributed by atoms with van der Waals surface area (Å²) in [5, 5.41) is 13.5. The first-order chi connectivity index (χ1) is 15.0. The number of carbonyl (C=O) groups excluding carboxylic acids is 1. The maximum absolute atomic E-state index is 12.2. The van der Waals surface area contributed by atoms with Crippen molar-refractivity contribution < 1.29 is 19.4 Å². The van der Waals surface area contributed by atoms with Gasteiger partial charge in [0.25, 0.3) is 5.91 Å². The number of aromatic nitrogens is 1. The minimum atomic E-state index is -0.478. The molecular formula is C23H18ClN3O4. The van der Waals surface area contributed by atoms with E-state index in [0.717, 1.165) is 0 Å². The van der Waals surface area contributed by atoms with Crippen LogP contribution in [-0.4, -0.2) is 36.4 Å². The number of methoxy groups -OCH3 is 2. The molecule has 0 unspecified atom stereocenters. The van der Waals surface area contributed by atoms with Crippen LogP contribution in [0.5, 0.6) is 17.2 Å². The van der Waals surface area contributed by atoms with Crippen LogP contribution in [0.2, 0.25) is 5.02 Å². The third-order valence-electron chi connectivity index (χ3n) is 4.08. The van der Waals surface area contributed by atoms with Crippen molar-refractivity contribution in [1.82, 2.24) is 10.4 Å². The molecule has 3 rings (SSSR count). The molecule has 1 amide bonds. The Morgan fingerprint density at radius 3 is 2.68 bits per heavy atom. The lowest BCUT2D eigenvalue weighted by molar-refractivity contribution is 0.0955. The first-order valence-electron chi connectivity index (χ1n) is 9.03. The van der Waals surface area contributed by atoms with E-state index in [-0.39, 0.29) is 16.3 Å². The predicted molar refractivity (Wildman–Crippen MR) is 118 cm³/mol. The highest BCUT2D eigenvalue weighted by atomic mass is 35.5. The number of ether oxygens (including phenoxy) is 2. The lowest BCUT2D eigenvalue weighted by Gasteiger charge is -2.10. The van der Waals surface area contributed by atoms with Gasteiger partial charge < -0.3 is 14.6 Å². The third kappa shape index (κ3) is 5.53. The van der Waals surface area contributed by atoms with E-state index in [9.17, 15) is 9.90 Å². The van der Waals surface area contributed by atoms with Gasteiger partial charge in [-0.25, -0.2) is 10.4 Å². The smallest absolute Gasteiger partial charge is 0.271 e. The Labute approximate surface area is 184 Å². The van der Waals surface area contributed by atoms with Crippen molar-refractivity contribution in [3.63, 3.8) is 0 Å². The number of carbonyl (C=O) groups is 1. The zero-order valence-electron chi connectivity index (χ0n) is 16.7. The first-order valence-corrected chi connectivity index (χ1v) is 9.40. The van der Waals surface area contributed by atoms with Crippen molar-refractivity contribution in [2.24, 2.45) is 5.10 Å². The summed E-state index contributed by atoms with van der Waals surface area (Å²) in [7, 11) is 3.05. The number of pyridine rings is 1. The average molecular weight is 436 g/mol. The second-order valence-corrected chi connectivity index (χ2v) is 6.54. The van der Waals surface area contributed by atoms with Gasteiger partial charge in [0.2, 0.25) is 0 Å². The van der Waals surface area contributed by atoms with Gasteiger partial charge in [0.15, 0.2) is 11.5 Å². The monoisotopic (exact) mass is 435 g/mol. The van der Waals surface area contributed by atoms with Gasteiger partial charge in [-0.2, -0.15) is 5.10 Å². The van der Waals surface area contributed by atoms with E-state index in [4.69, 9.17) is 21.1 Å². The summed E-state index contributed by atoms with van der Waals surface area (Å²) in [4.78, 5) is 16.4. The Hall–Kier alpha value is -4.02. The summed E-state index contributed by atoms with van der Waals surface area (Å²) in [6.07, 6.45) is 3.11. The highest BCUT2D eigenvalue weighted by Crippen LogP contribution is 2.31. The van der Waals surface area contributed by atoms with Gasteiger partial charge in [0, 0.05) is 11.8 Å². The molecule has 0 aliphatic carbocycles. The summed E-state index contributed by atoms with van der Waals surface area (Å²) in [5.41, 5.74) is 4.49. The van der Waals surface area contributed by atoms with Crippen LogP contribution in [-0.2, 0) is 0 Å². The molecule has 8 heteroatoms. The second-order valence-electron chi connectivity index (χ2n) is 6.13. The maximum Gasteiger partial charge on any atom is 0.271 e. The van der Waals surface area contributed by atoms with Gasteiger partial charge >= 0.3 is 0 Å². The minimum Gasteiger partial charge on any atom is -0.506 e. The number of phenolic OH excluding ortho intramolecular Hbond substituents is 1. The largest absolute Gasteiger partial charge is 0.506 e. The summed E-state index contributed by atoms with van der Waals surface area (Å²) < 4.78 is 10.8. The van der Waals surface area contributed by atoms with Crippen LogP contribution in [0.4, 0.5) is 0 Å². The van der Waals surface area contributed by atoms with Crippen molar-refractivity contribution >= 4 is 23.7 Å². The molecule has 0 aliphatic heterocycles. The number of hydrazone groups is 1. The normalized spacial score (nSPS) is 10.3. The molecule has 0 fully saturated rings. The summed E-state index contributed by atoms with van der Waals surface area (Å²) in [6, 6.07) is 13.0. The molecule has 31 heavy (non-hydrogen) atoms. The quantitative estimate of drug-likeness (QED) is 0.362. The number of rotatable bonds is 5. The van der Waals surface area contributed by atoms with Crippen LogP contribution in [0.3, 0.4) is 0 Å². The van der Waals surface area contributed by atoms with E-state index in [0.29, 0.717) is 28.3 Å². The molecule has 3 aromatic rings. The van der Waals surface area contributed by atoms with E-state index in [1.807, 2.05) is 12.1 Å². The van der Waals surface area contributed by atoms with Gasteiger partial charge in [0.1, 0.15) is 11.4 Å². The lowest BCUT2D eigenvalue weighted by atomic mass is 10.1. The van der Waals surface area contributed by atoms with Gasteiger partial charge in [-0.3, -0.25) is 4.79 Å². The number of hydrogen-bond donors (Lipinski definition) is 2. The van der Waals surface area contributed by atoms with Crippen molar-refractivity contribution in [2.75, 3.05) is 14.2 Å². The lowest BCUT2D eigenvalue weighted by Crippen LogP contribution is -2.17.